The molecule has 1 fully saturated rings. The first-order valence-corrected chi connectivity index (χ1v) is 9.87. The van der Waals surface area contributed by atoms with E-state index in [4.69, 9.17) is 0 Å². The molecule has 0 aliphatic carbocycles. The third-order valence-electron chi connectivity index (χ3n) is 3.90. The lowest BCUT2D eigenvalue weighted by molar-refractivity contribution is 0.384. The average Bonchev–Trinajstić information content (AvgIpc) is 2.65. The molecule has 0 amide bonds. The molecule has 1 aromatic rings. The number of aromatic nitrogens is 1. The molecule has 26 heavy (non-hydrogen) atoms. The molecule has 1 aromatic heterocycles. The van der Waals surface area contributed by atoms with Crippen LogP contribution >= 0.6 is 24.0 Å². The molecule has 10 heteroatoms. The van der Waals surface area contributed by atoms with Gasteiger partial charge in [-0.25, -0.2) is 13.4 Å². The molecule has 146 valence electrons. The highest BCUT2D eigenvalue weighted by Gasteiger charge is 2.27. The SMILES string of the molecule is C=CCNC(=NC)NCCS(=O)(=O)N1CCN(c2ccccn2)CC1.I. The third-order valence-corrected chi connectivity index (χ3v) is 5.77. The first kappa shape index (κ1) is 22.6. The van der Waals surface area contributed by atoms with E-state index in [1.807, 2.05) is 18.2 Å². The maximum atomic E-state index is 12.5. The van der Waals surface area contributed by atoms with Gasteiger partial charge in [0.25, 0.3) is 0 Å². The number of nitrogens with zero attached hydrogens (tertiary/aromatic N) is 4. The molecule has 2 heterocycles. The van der Waals surface area contributed by atoms with E-state index in [0.717, 1.165) is 5.82 Å². The second-order valence-electron chi connectivity index (χ2n) is 5.56. The van der Waals surface area contributed by atoms with Crippen LogP contribution in [-0.4, -0.2) is 75.7 Å². The fourth-order valence-corrected chi connectivity index (χ4v) is 3.89. The van der Waals surface area contributed by atoms with Gasteiger partial charge in [-0.3, -0.25) is 4.99 Å². The van der Waals surface area contributed by atoms with Crippen molar-refractivity contribution in [1.82, 2.24) is 19.9 Å². The lowest BCUT2D eigenvalue weighted by Crippen LogP contribution is -2.50. The summed E-state index contributed by atoms with van der Waals surface area (Å²) in [6, 6.07) is 5.75. The Kier molecular flexibility index (Phi) is 9.88. The fraction of sp³-hybridized carbons (Fsp3) is 0.500. The normalized spacial score (nSPS) is 15.9. The van der Waals surface area contributed by atoms with E-state index in [2.05, 4.69) is 32.1 Å². The predicted molar refractivity (Wildman–Crippen MR) is 117 cm³/mol. The summed E-state index contributed by atoms with van der Waals surface area (Å²) in [5.41, 5.74) is 0. The summed E-state index contributed by atoms with van der Waals surface area (Å²) in [6.07, 6.45) is 3.46. The zero-order valence-electron chi connectivity index (χ0n) is 15.0. The zero-order chi connectivity index (χ0) is 18.1. The van der Waals surface area contributed by atoms with Crippen molar-refractivity contribution in [3.05, 3.63) is 37.1 Å². The summed E-state index contributed by atoms with van der Waals surface area (Å²) in [5, 5.41) is 6.01. The number of hydrogen-bond donors (Lipinski definition) is 2. The highest BCUT2D eigenvalue weighted by atomic mass is 127. The van der Waals surface area contributed by atoms with E-state index >= 15 is 0 Å². The molecule has 0 radical (unpaired) electrons. The third kappa shape index (κ3) is 6.72. The summed E-state index contributed by atoms with van der Waals surface area (Å²) < 4.78 is 26.5. The molecule has 0 aromatic carbocycles. The lowest BCUT2D eigenvalue weighted by Gasteiger charge is -2.34. The van der Waals surface area contributed by atoms with Gasteiger partial charge >= 0.3 is 0 Å². The Morgan fingerprint density at radius 2 is 2.04 bits per heavy atom. The highest BCUT2D eigenvalue weighted by Crippen LogP contribution is 2.14. The summed E-state index contributed by atoms with van der Waals surface area (Å²) >= 11 is 0. The quantitative estimate of drug-likeness (QED) is 0.249. The van der Waals surface area contributed by atoms with E-state index in [1.54, 1.807) is 23.6 Å². The number of hydrogen-bond acceptors (Lipinski definition) is 5. The van der Waals surface area contributed by atoms with E-state index in [1.165, 1.54) is 0 Å². The topological polar surface area (TPSA) is 89.9 Å². The van der Waals surface area contributed by atoms with Crippen molar-refractivity contribution in [3.8, 4) is 0 Å². The molecule has 1 aliphatic heterocycles. The number of piperazine rings is 1. The van der Waals surface area contributed by atoms with E-state index < -0.39 is 10.0 Å². The van der Waals surface area contributed by atoms with Crippen LogP contribution < -0.4 is 15.5 Å². The standard InChI is InChI=1S/C16H26N6O2S.HI/c1-3-7-19-16(17-2)20-9-14-25(23,24)22-12-10-21(11-13-22)15-6-4-5-8-18-15;/h3-6,8H,1,7,9-14H2,2H3,(H2,17,19,20);1H. The van der Waals surface area contributed by atoms with Crippen LogP contribution in [0.2, 0.25) is 0 Å². The maximum absolute atomic E-state index is 12.5. The van der Waals surface area contributed by atoms with E-state index in [-0.39, 0.29) is 29.7 Å². The van der Waals surface area contributed by atoms with Crippen LogP contribution in [0.25, 0.3) is 0 Å². The lowest BCUT2D eigenvalue weighted by atomic mass is 10.3. The van der Waals surface area contributed by atoms with Gasteiger partial charge in [0.05, 0.1) is 5.75 Å². The first-order chi connectivity index (χ1) is 12.1. The fourth-order valence-electron chi connectivity index (χ4n) is 2.55. The molecular formula is C16H27IN6O2S. The van der Waals surface area contributed by atoms with Crippen molar-refractivity contribution < 1.29 is 8.42 Å². The van der Waals surface area contributed by atoms with Gasteiger partial charge in [-0.1, -0.05) is 12.1 Å². The van der Waals surface area contributed by atoms with Crippen molar-refractivity contribution in [2.75, 3.05) is 57.0 Å². The van der Waals surface area contributed by atoms with E-state index in [0.29, 0.717) is 45.2 Å². The van der Waals surface area contributed by atoms with Crippen LogP contribution in [0, 0.1) is 0 Å². The number of halogens is 1. The van der Waals surface area contributed by atoms with E-state index in [9.17, 15) is 8.42 Å². The molecule has 0 saturated carbocycles. The van der Waals surface area contributed by atoms with Crippen LogP contribution in [0.1, 0.15) is 0 Å². The van der Waals surface area contributed by atoms with Gasteiger partial charge < -0.3 is 15.5 Å². The van der Waals surface area contributed by atoms with Crippen molar-refractivity contribution in [2.45, 2.75) is 0 Å². The van der Waals surface area contributed by atoms with Gasteiger partial charge in [0.2, 0.25) is 10.0 Å². The molecule has 0 spiro atoms. The average molecular weight is 494 g/mol. The van der Waals surface area contributed by atoms with Crippen LogP contribution in [0.4, 0.5) is 5.82 Å². The molecule has 0 unspecified atom stereocenters. The molecule has 0 bridgehead atoms. The molecule has 2 rings (SSSR count). The van der Waals surface area contributed by atoms with Crippen molar-refractivity contribution >= 4 is 45.8 Å². The number of nitrogens with one attached hydrogen (secondary N) is 2. The summed E-state index contributed by atoms with van der Waals surface area (Å²) in [7, 11) is -1.65. The van der Waals surface area contributed by atoms with Gasteiger partial charge in [0.15, 0.2) is 5.96 Å². The second-order valence-corrected chi connectivity index (χ2v) is 7.65. The molecular weight excluding hydrogens is 467 g/mol. The largest absolute Gasteiger partial charge is 0.355 e. The van der Waals surface area contributed by atoms with Gasteiger partial charge in [0.1, 0.15) is 5.82 Å². The number of rotatable bonds is 7. The molecule has 8 nitrogen and oxygen atoms in total. The van der Waals surface area contributed by atoms with Gasteiger partial charge in [0, 0.05) is 52.5 Å². The minimum absolute atomic E-state index is 0. The Morgan fingerprint density at radius 3 is 2.62 bits per heavy atom. The number of sulfonamides is 1. The minimum atomic E-state index is -3.29. The Morgan fingerprint density at radius 1 is 1.31 bits per heavy atom. The number of pyridine rings is 1. The first-order valence-electron chi connectivity index (χ1n) is 8.26. The summed E-state index contributed by atoms with van der Waals surface area (Å²) in [5.74, 6) is 1.49. The zero-order valence-corrected chi connectivity index (χ0v) is 18.1. The Labute approximate surface area is 172 Å². The Bertz CT molecular complexity index is 675. The maximum Gasteiger partial charge on any atom is 0.215 e. The monoisotopic (exact) mass is 494 g/mol. The Hall–Kier alpha value is -1.40. The number of anilines is 1. The van der Waals surface area contributed by atoms with Crippen LogP contribution in [0.3, 0.4) is 0 Å². The van der Waals surface area contributed by atoms with Gasteiger partial charge in [-0.2, -0.15) is 4.31 Å². The Balaban J connectivity index is 0.00000338. The summed E-state index contributed by atoms with van der Waals surface area (Å²) in [6.45, 7) is 6.74. The predicted octanol–water partition coefficient (Wildman–Crippen LogP) is 0.502. The highest BCUT2D eigenvalue weighted by molar-refractivity contribution is 14.0. The van der Waals surface area contributed by atoms with Crippen LogP contribution in [0.5, 0.6) is 0 Å². The van der Waals surface area contributed by atoms with Crippen LogP contribution in [0.15, 0.2) is 42.0 Å². The van der Waals surface area contributed by atoms with Crippen molar-refractivity contribution in [3.63, 3.8) is 0 Å². The smallest absolute Gasteiger partial charge is 0.215 e. The minimum Gasteiger partial charge on any atom is -0.355 e. The molecule has 2 N–H and O–H groups in total. The van der Waals surface area contributed by atoms with Crippen molar-refractivity contribution in [1.29, 1.82) is 0 Å². The van der Waals surface area contributed by atoms with Gasteiger partial charge in [-0.15, -0.1) is 30.6 Å². The summed E-state index contributed by atoms with van der Waals surface area (Å²) in [4.78, 5) is 10.4. The molecule has 1 saturated heterocycles. The van der Waals surface area contributed by atoms with Gasteiger partial charge in [-0.05, 0) is 12.1 Å². The van der Waals surface area contributed by atoms with Crippen LogP contribution in [-0.2, 0) is 10.0 Å². The molecule has 0 atom stereocenters. The number of aliphatic imine (C=N–C) groups is 1. The second kappa shape index (κ2) is 11.3. The van der Waals surface area contributed by atoms with Crippen molar-refractivity contribution in [2.24, 2.45) is 4.99 Å². The number of guanidine groups is 1. The molecule has 1 aliphatic rings.